The third-order valence-electron chi connectivity index (χ3n) is 2.34. The molecule has 0 heterocycles. The second-order valence-electron chi connectivity index (χ2n) is 4.23. The molecule has 12 heteroatoms. The van der Waals surface area contributed by atoms with E-state index in [0.717, 1.165) is 24.3 Å². The minimum absolute atomic E-state index is 0.183. The van der Waals surface area contributed by atoms with Gasteiger partial charge in [-0.1, -0.05) is 0 Å². The van der Waals surface area contributed by atoms with Gasteiger partial charge in [-0.15, -0.1) is 3.63 Å². The molecule has 22 heavy (non-hydrogen) atoms. The summed E-state index contributed by atoms with van der Waals surface area (Å²) >= 11 is 0. The van der Waals surface area contributed by atoms with Crippen LogP contribution in [-0.2, 0) is 34.0 Å². The van der Waals surface area contributed by atoms with E-state index in [4.69, 9.17) is 4.55 Å². The van der Waals surface area contributed by atoms with Gasteiger partial charge in [0.15, 0.2) is 0 Å². The van der Waals surface area contributed by atoms with Gasteiger partial charge in [0.05, 0.1) is 16.4 Å². The highest BCUT2D eigenvalue weighted by Gasteiger charge is 2.24. The van der Waals surface area contributed by atoms with Gasteiger partial charge in [0.25, 0.3) is 20.2 Å². The third kappa shape index (κ3) is 6.79. The lowest BCUT2D eigenvalue weighted by molar-refractivity contribution is 0.458. The first kappa shape index (κ1) is 19.0. The summed E-state index contributed by atoms with van der Waals surface area (Å²) in [7, 11) is -13.3. The SMILES string of the molecule is O=S(=O)(O)CCCCS(=O)(=O)OS(=O)(=O)c1ccc(F)cc1. The quantitative estimate of drug-likeness (QED) is 0.513. The Balaban J connectivity index is 2.69. The summed E-state index contributed by atoms with van der Waals surface area (Å²) in [6, 6.07) is 3.35. The third-order valence-corrected chi connectivity index (χ3v) is 6.33. The highest BCUT2D eigenvalue weighted by Crippen LogP contribution is 2.16. The smallest absolute Gasteiger partial charge is 0.286 e. The first-order valence-corrected chi connectivity index (χ1v) is 10.4. The molecule has 0 saturated carbocycles. The Kier molecular flexibility index (Phi) is 6.03. The van der Waals surface area contributed by atoms with Crippen LogP contribution in [0.4, 0.5) is 4.39 Å². The molecule has 0 aliphatic rings. The van der Waals surface area contributed by atoms with E-state index in [-0.39, 0.29) is 12.8 Å². The number of unbranched alkanes of at least 4 members (excludes halogenated alkanes) is 1. The first-order valence-electron chi connectivity index (χ1n) is 5.81. The standard InChI is InChI=1S/C10H13FO8S3/c11-9-3-5-10(6-4-9)22(17,18)19-21(15,16)8-2-1-7-20(12,13)14/h3-6H,1-2,7-8H2,(H,12,13,14). The van der Waals surface area contributed by atoms with Gasteiger partial charge in [0.2, 0.25) is 0 Å². The maximum atomic E-state index is 12.7. The van der Waals surface area contributed by atoms with Crippen LogP contribution in [0.1, 0.15) is 12.8 Å². The van der Waals surface area contributed by atoms with Gasteiger partial charge in [0.1, 0.15) is 5.82 Å². The number of halogens is 1. The van der Waals surface area contributed by atoms with E-state index >= 15 is 0 Å². The molecule has 1 rings (SSSR count). The van der Waals surface area contributed by atoms with Crippen molar-refractivity contribution < 1.29 is 37.8 Å². The summed E-state index contributed by atoms with van der Waals surface area (Å²) in [5.74, 6) is -2.09. The van der Waals surface area contributed by atoms with Crippen LogP contribution in [-0.4, -0.2) is 41.3 Å². The van der Waals surface area contributed by atoms with Crippen LogP contribution in [0.15, 0.2) is 29.2 Å². The minimum atomic E-state index is -4.62. The lowest BCUT2D eigenvalue weighted by Gasteiger charge is -2.06. The second-order valence-corrected chi connectivity index (χ2v) is 9.25. The largest absolute Gasteiger partial charge is 0.311 e. The predicted molar refractivity (Wildman–Crippen MR) is 74.1 cm³/mol. The molecule has 0 fully saturated rings. The molecule has 1 N–H and O–H groups in total. The highest BCUT2D eigenvalue weighted by atomic mass is 32.3. The van der Waals surface area contributed by atoms with E-state index in [9.17, 15) is 29.6 Å². The van der Waals surface area contributed by atoms with Crippen LogP contribution in [0.3, 0.4) is 0 Å². The zero-order valence-electron chi connectivity index (χ0n) is 11.0. The summed E-state index contributed by atoms with van der Waals surface area (Å²) < 4.78 is 92.6. The van der Waals surface area contributed by atoms with Crippen molar-refractivity contribution in [3.63, 3.8) is 0 Å². The van der Waals surface area contributed by atoms with Crippen molar-refractivity contribution in [2.45, 2.75) is 17.7 Å². The summed E-state index contributed by atoms with van der Waals surface area (Å²) in [5, 5.41) is 0. The molecule has 1 aromatic rings. The Morgan fingerprint density at radius 2 is 1.41 bits per heavy atom. The maximum absolute atomic E-state index is 12.7. The minimum Gasteiger partial charge on any atom is -0.286 e. The molecule has 0 amide bonds. The Bertz CT molecular complexity index is 809. The molecule has 0 aromatic heterocycles. The van der Waals surface area contributed by atoms with Crippen molar-refractivity contribution in [2.24, 2.45) is 0 Å². The van der Waals surface area contributed by atoms with Gasteiger partial charge < -0.3 is 0 Å². The van der Waals surface area contributed by atoms with Crippen LogP contribution in [0.5, 0.6) is 0 Å². The van der Waals surface area contributed by atoms with Crippen molar-refractivity contribution in [3.05, 3.63) is 30.1 Å². The van der Waals surface area contributed by atoms with E-state index in [1.54, 1.807) is 0 Å². The topological polar surface area (TPSA) is 132 Å². The van der Waals surface area contributed by atoms with Crippen molar-refractivity contribution in [3.8, 4) is 0 Å². The van der Waals surface area contributed by atoms with Crippen LogP contribution in [0.2, 0.25) is 0 Å². The summed E-state index contributed by atoms with van der Waals surface area (Å²) in [6.07, 6.45) is -0.404. The maximum Gasteiger partial charge on any atom is 0.311 e. The lowest BCUT2D eigenvalue weighted by atomic mass is 10.4. The van der Waals surface area contributed by atoms with E-state index in [1.807, 2.05) is 0 Å². The second kappa shape index (κ2) is 7.00. The molecular weight excluding hydrogens is 363 g/mol. The van der Waals surface area contributed by atoms with Crippen molar-refractivity contribution in [1.82, 2.24) is 0 Å². The summed E-state index contributed by atoms with van der Waals surface area (Å²) in [5.41, 5.74) is 0. The van der Waals surface area contributed by atoms with Crippen LogP contribution in [0, 0.1) is 5.82 Å². The molecule has 0 bridgehead atoms. The zero-order valence-corrected chi connectivity index (χ0v) is 13.5. The van der Waals surface area contributed by atoms with Crippen molar-refractivity contribution >= 4 is 30.4 Å². The molecule has 0 atom stereocenters. The number of rotatable bonds is 8. The van der Waals surface area contributed by atoms with Crippen LogP contribution in [0.25, 0.3) is 0 Å². The van der Waals surface area contributed by atoms with E-state index in [1.165, 1.54) is 0 Å². The zero-order chi connectivity index (χ0) is 17.0. The van der Waals surface area contributed by atoms with Gasteiger partial charge in [-0.05, 0) is 37.1 Å². The summed E-state index contributed by atoms with van der Waals surface area (Å²) in [4.78, 5) is -0.532. The average Bonchev–Trinajstić information content (AvgIpc) is 2.33. The molecule has 0 saturated heterocycles. The fourth-order valence-corrected chi connectivity index (χ4v) is 4.65. The molecular formula is C10H13FO8S3. The Morgan fingerprint density at radius 3 is 1.91 bits per heavy atom. The van der Waals surface area contributed by atoms with E-state index in [2.05, 4.69) is 3.63 Å². The molecule has 1 aromatic carbocycles. The molecule has 0 unspecified atom stereocenters. The molecule has 0 aliphatic heterocycles. The molecule has 0 aliphatic carbocycles. The Hall–Kier alpha value is -1.08. The lowest BCUT2D eigenvalue weighted by Crippen LogP contribution is -2.17. The number of hydrogen-bond acceptors (Lipinski definition) is 7. The van der Waals surface area contributed by atoms with E-state index in [0.29, 0.717) is 0 Å². The van der Waals surface area contributed by atoms with Crippen LogP contribution >= 0.6 is 0 Å². The summed E-state index contributed by atoms with van der Waals surface area (Å²) in [6.45, 7) is 0. The highest BCUT2D eigenvalue weighted by molar-refractivity contribution is 7.99. The monoisotopic (exact) mass is 376 g/mol. The van der Waals surface area contributed by atoms with Gasteiger partial charge in [-0.2, -0.15) is 25.3 Å². The van der Waals surface area contributed by atoms with Gasteiger partial charge in [-0.3, -0.25) is 4.55 Å². The first-order chi connectivity index (χ1) is 9.91. The van der Waals surface area contributed by atoms with Crippen molar-refractivity contribution in [1.29, 1.82) is 0 Å². The van der Waals surface area contributed by atoms with Gasteiger partial charge in [0, 0.05) is 0 Å². The van der Waals surface area contributed by atoms with Crippen LogP contribution < -0.4 is 0 Å². The average molecular weight is 376 g/mol. The number of hydrogen-bond donors (Lipinski definition) is 1. The Morgan fingerprint density at radius 1 is 0.909 bits per heavy atom. The predicted octanol–water partition coefficient (Wildman–Crippen LogP) is 0.529. The Labute approximate surface area is 127 Å². The van der Waals surface area contributed by atoms with Crippen molar-refractivity contribution in [2.75, 3.05) is 11.5 Å². The van der Waals surface area contributed by atoms with Gasteiger partial charge >= 0.3 is 10.1 Å². The van der Waals surface area contributed by atoms with Gasteiger partial charge in [-0.25, -0.2) is 4.39 Å². The van der Waals surface area contributed by atoms with E-state index < -0.39 is 52.6 Å². The molecule has 0 radical (unpaired) electrons. The molecule has 126 valence electrons. The fourth-order valence-electron chi connectivity index (χ4n) is 1.37. The number of benzene rings is 1. The molecule has 8 nitrogen and oxygen atoms in total. The normalized spacial score (nSPS) is 13.2. The molecule has 0 spiro atoms. The fraction of sp³-hybridized carbons (Fsp3) is 0.400.